The Labute approximate surface area is 99.0 Å². The highest BCUT2D eigenvalue weighted by atomic mass is 16.4. The number of para-hydroxylation sites is 2. The Morgan fingerprint density at radius 2 is 1.88 bits per heavy atom. The summed E-state index contributed by atoms with van der Waals surface area (Å²) in [6, 6.07) is 8.12. The Morgan fingerprint density at radius 3 is 2.65 bits per heavy atom. The lowest BCUT2D eigenvalue weighted by atomic mass is 9.91. The van der Waals surface area contributed by atoms with Gasteiger partial charge in [-0.3, -0.25) is 4.57 Å². The molecule has 0 bridgehead atoms. The number of aromatic nitrogens is 1. The van der Waals surface area contributed by atoms with Crippen LogP contribution in [0.1, 0.15) is 31.7 Å². The number of nitrogens with zero attached hydrogens (tertiary/aromatic N) is 1. The summed E-state index contributed by atoms with van der Waals surface area (Å²) in [7, 11) is 0. The molecule has 0 spiro atoms. The minimum atomic E-state index is -0.244. The molecular formula is C13H16N2O2. The smallest absolute Gasteiger partial charge is 0.408 e. The molecular weight excluding hydrogens is 216 g/mol. The molecule has 0 radical (unpaired) electrons. The minimum absolute atomic E-state index is 0.242. The number of nitrogens with two attached hydrogens (primary N) is 1. The van der Waals surface area contributed by atoms with E-state index in [0.717, 1.165) is 31.2 Å². The fourth-order valence-corrected chi connectivity index (χ4v) is 2.69. The van der Waals surface area contributed by atoms with E-state index in [1.807, 2.05) is 24.3 Å². The largest absolute Gasteiger partial charge is 0.420 e. The summed E-state index contributed by atoms with van der Waals surface area (Å²) in [6.07, 6.45) is 3.89. The average Bonchev–Trinajstić information content (AvgIpc) is 2.66. The molecule has 90 valence electrons. The molecule has 0 aliphatic heterocycles. The molecule has 4 nitrogen and oxygen atoms in total. The van der Waals surface area contributed by atoms with E-state index < -0.39 is 0 Å². The summed E-state index contributed by atoms with van der Waals surface area (Å²) >= 11 is 0. The highest BCUT2D eigenvalue weighted by Gasteiger charge is 2.23. The van der Waals surface area contributed by atoms with Crippen molar-refractivity contribution in [2.75, 3.05) is 0 Å². The maximum Gasteiger partial charge on any atom is 0.420 e. The van der Waals surface area contributed by atoms with Crippen molar-refractivity contribution in [1.82, 2.24) is 4.57 Å². The third kappa shape index (κ3) is 1.78. The van der Waals surface area contributed by atoms with Gasteiger partial charge in [0.1, 0.15) is 0 Å². The van der Waals surface area contributed by atoms with E-state index in [9.17, 15) is 4.79 Å². The second kappa shape index (κ2) is 4.04. The maximum atomic E-state index is 11.9. The highest BCUT2D eigenvalue weighted by Crippen LogP contribution is 2.29. The van der Waals surface area contributed by atoms with E-state index in [1.54, 1.807) is 4.57 Å². The number of benzene rings is 1. The van der Waals surface area contributed by atoms with Gasteiger partial charge >= 0.3 is 5.76 Å². The van der Waals surface area contributed by atoms with Crippen LogP contribution in [0.2, 0.25) is 0 Å². The van der Waals surface area contributed by atoms with Crippen molar-refractivity contribution in [3.63, 3.8) is 0 Å². The maximum absolute atomic E-state index is 11.9. The van der Waals surface area contributed by atoms with Crippen LogP contribution in [0.3, 0.4) is 0 Å². The zero-order valence-corrected chi connectivity index (χ0v) is 9.63. The molecule has 1 fully saturated rings. The van der Waals surface area contributed by atoms with Crippen LogP contribution in [-0.4, -0.2) is 10.6 Å². The Balaban J connectivity index is 2.05. The van der Waals surface area contributed by atoms with E-state index in [0.29, 0.717) is 11.6 Å². The van der Waals surface area contributed by atoms with E-state index in [1.165, 1.54) is 0 Å². The Morgan fingerprint density at radius 1 is 1.18 bits per heavy atom. The lowest BCUT2D eigenvalue weighted by Crippen LogP contribution is -2.30. The van der Waals surface area contributed by atoms with Gasteiger partial charge in [-0.1, -0.05) is 12.1 Å². The molecule has 1 saturated carbocycles. The molecule has 0 unspecified atom stereocenters. The van der Waals surface area contributed by atoms with Crippen molar-refractivity contribution < 1.29 is 4.42 Å². The summed E-state index contributed by atoms with van der Waals surface area (Å²) in [5.41, 5.74) is 7.46. The normalized spacial score (nSPS) is 25.2. The molecule has 17 heavy (non-hydrogen) atoms. The Bertz CT molecular complexity index is 576. The number of oxazole rings is 1. The predicted octanol–water partition coefficient (Wildman–Crippen LogP) is 2.04. The zero-order valence-electron chi connectivity index (χ0n) is 9.63. The molecule has 0 saturated heterocycles. The van der Waals surface area contributed by atoms with E-state index in [2.05, 4.69) is 0 Å². The van der Waals surface area contributed by atoms with Gasteiger partial charge in [-0.05, 0) is 37.8 Å². The second-order valence-corrected chi connectivity index (χ2v) is 4.77. The van der Waals surface area contributed by atoms with Crippen LogP contribution >= 0.6 is 0 Å². The lowest BCUT2D eigenvalue weighted by Gasteiger charge is -2.26. The van der Waals surface area contributed by atoms with Crippen LogP contribution in [0, 0.1) is 0 Å². The van der Waals surface area contributed by atoms with Crippen LogP contribution in [0.25, 0.3) is 11.1 Å². The first-order valence-electron chi connectivity index (χ1n) is 6.11. The number of rotatable bonds is 1. The van der Waals surface area contributed by atoms with Crippen molar-refractivity contribution in [3.05, 3.63) is 34.8 Å². The zero-order chi connectivity index (χ0) is 11.8. The summed E-state index contributed by atoms with van der Waals surface area (Å²) in [5, 5.41) is 0. The minimum Gasteiger partial charge on any atom is -0.408 e. The van der Waals surface area contributed by atoms with Crippen LogP contribution < -0.4 is 11.5 Å². The lowest BCUT2D eigenvalue weighted by molar-refractivity contribution is 0.311. The third-order valence-corrected chi connectivity index (χ3v) is 3.63. The molecule has 2 N–H and O–H groups in total. The average molecular weight is 232 g/mol. The fourth-order valence-electron chi connectivity index (χ4n) is 2.69. The first-order valence-corrected chi connectivity index (χ1v) is 6.11. The first-order chi connectivity index (χ1) is 8.25. The summed E-state index contributed by atoms with van der Waals surface area (Å²) in [6.45, 7) is 0. The van der Waals surface area contributed by atoms with Crippen molar-refractivity contribution in [1.29, 1.82) is 0 Å². The molecule has 0 atom stereocenters. The van der Waals surface area contributed by atoms with Gasteiger partial charge in [-0.15, -0.1) is 0 Å². The van der Waals surface area contributed by atoms with Crippen molar-refractivity contribution >= 4 is 11.1 Å². The standard InChI is InChI=1S/C13H16N2O2/c14-9-5-7-10(8-6-9)15-11-3-1-2-4-12(11)17-13(15)16/h1-4,9-10H,5-8,14H2/t9-,10-. The van der Waals surface area contributed by atoms with Gasteiger partial charge in [-0.25, -0.2) is 4.79 Å². The Kier molecular flexibility index (Phi) is 2.52. The van der Waals surface area contributed by atoms with Crippen molar-refractivity contribution in [2.45, 2.75) is 37.8 Å². The second-order valence-electron chi connectivity index (χ2n) is 4.77. The molecule has 1 aliphatic rings. The topological polar surface area (TPSA) is 61.2 Å². The molecule has 4 heteroatoms. The quantitative estimate of drug-likeness (QED) is 0.818. The summed E-state index contributed by atoms with van der Waals surface area (Å²) in [4.78, 5) is 11.9. The van der Waals surface area contributed by atoms with E-state index >= 15 is 0 Å². The van der Waals surface area contributed by atoms with Crippen LogP contribution in [0.15, 0.2) is 33.5 Å². The van der Waals surface area contributed by atoms with Gasteiger partial charge < -0.3 is 10.2 Å². The number of fused-ring (bicyclic) bond motifs is 1. The van der Waals surface area contributed by atoms with Crippen molar-refractivity contribution in [3.8, 4) is 0 Å². The van der Waals surface area contributed by atoms with Crippen molar-refractivity contribution in [2.24, 2.45) is 5.73 Å². The molecule has 1 aromatic carbocycles. The van der Waals surface area contributed by atoms with Gasteiger partial charge in [0.05, 0.1) is 5.52 Å². The predicted molar refractivity (Wildman–Crippen MR) is 66.0 cm³/mol. The third-order valence-electron chi connectivity index (χ3n) is 3.63. The van der Waals surface area contributed by atoms with Crippen LogP contribution in [0.5, 0.6) is 0 Å². The summed E-state index contributed by atoms with van der Waals surface area (Å²) in [5.74, 6) is -0.244. The molecule has 1 aromatic heterocycles. The van der Waals surface area contributed by atoms with Gasteiger partial charge in [0, 0.05) is 12.1 Å². The van der Waals surface area contributed by atoms with Gasteiger partial charge in [0.25, 0.3) is 0 Å². The monoisotopic (exact) mass is 232 g/mol. The Hall–Kier alpha value is -1.55. The van der Waals surface area contributed by atoms with Gasteiger partial charge in [0.2, 0.25) is 0 Å². The molecule has 3 rings (SSSR count). The molecule has 1 heterocycles. The van der Waals surface area contributed by atoms with Gasteiger partial charge in [0.15, 0.2) is 5.58 Å². The fraction of sp³-hybridized carbons (Fsp3) is 0.462. The molecule has 2 aromatic rings. The van der Waals surface area contributed by atoms with E-state index in [-0.39, 0.29) is 11.8 Å². The molecule has 0 amide bonds. The highest BCUT2D eigenvalue weighted by molar-refractivity contribution is 5.72. The number of hydrogen-bond acceptors (Lipinski definition) is 3. The van der Waals surface area contributed by atoms with Gasteiger partial charge in [-0.2, -0.15) is 0 Å². The SMILES string of the molecule is N[C@H]1CC[C@H](n2c(=O)oc3ccccc32)CC1. The van der Waals surface area contributed by atoms with Crippen LogP contribution in [0.4, 0.5) is 0 Å². The number of hydrogen-bond donors (Lipinski definition) is 1. The van der Waals surface area contributed by atoms with E-state index in [4.69, 9.17) is 10.2 Å². The molecule has 1 aliphatic carbocycles. The first kappa shape index (κ1) is 10.6. The van der Waals surface area contributed by atoms with Crippen LogP contribution in [-0.2, 0) is 0 Å². The summed E-state index contributed by atoms with van der Waals surface area (Å²) < 4.78 is 7.05.